The number of aromatic amines is 1. The third-order valence-corrected chi connectivity index (χ3v) is 5.40. The zero-order chi connectivity index (χ0) is 17.4. The molecule has 2 aliphatic heterocycles. The van der Waals surface area contributed by atoms with Gasteiger partial charge in [0.05, 0.1) is 11.4 Å². The number of piperidine rings is 1. The highest BCUT2D eigenvalue weighted by Gasteiger charge is 2.22. The first kappa shape index (κ1) is 16.3. The van der Waals surface area contributed by atoms with Crippen molar-refractivity contribution in [3.63, 3.8) is 0 Å². The highest BCUT2D eigenvalue weighted by atomic mass is 16.2. The SMILES string of the molecule is Cc1cc(C)c(-c2nc3c([nH]2)CNCC3)cc1C(=O)N1CCCCC1. The molecule has 1 aromatic heterocycles. The number of imidazole rings is 1. The Balaban J connectivity index is 1.71. The van der Waals surface area contributed by atoms with Crippen LogP contribution in [0.1, 0.15) is 52.1 Å². The largest absolute Gasteiger partial charge is 0.341 e. The van der Waals surface area contributed by atoms with Crippen LogP contribution < -0.4 is 5.32 Å². The lowest BCUT2D eigenvalue weighted by Crippen LogP contribution is -2.36. The summed E-state index contributed by atoms with van der Waals surface area (Å²) in [6.45, 7) is 7.70. The normalized spacial score (nSPS) is 17.4. The van der Waals surface area contributed by atoms with Gasteiger partial charge in [0, 0.05) is 43.7 Å². The summed E-state index contributed by atoms with van der Waals surface area (Å²) in [6, 6.07) is 4.16. The summed E-state index contributed by atoms with van der Waals surface area (Å²) in [4.78, 5) is 23.3. The van der Waals surface area contributed by atoms with Gasteiger partial charge in [0.2, 0.25) is 0 Å². The molecule has 0 unspecified atom stereocenters. The van der Waals surface area contributed by atoms with E-state index in [9.17, 15) is 4.79 Å². The smallest absolute Gasteiger partial charge is 0.254 e. The van der Waals surface area contributed by atoms with Gasteiger partial charge < -0.3 is 15.2 Å². The lowest BCUT2D eigenvalue weighted by atomic mass is 9.98. The van der Waals surface area contributed by atoms with Gasteiger partial charge in [-0.25, -0.2) is 4.98 Å². The summed E-state index contributed by atoms with van der Waals surface area (Å²) < 4.78 is 0. The van der Waals surface area contributed by atoms with E-state index in [1.807, 2.05) is 17.9 Å². The zero-order valence-corrected chi connectivity index (χ0v) is 15.1. The van der Waals surface area contributed by atoms with Crippen molar-refractivity contribution in [1.82, 2.24) is 20.2 Å². The number of rotatable bonds is 2. The minimum absolute atomic E-state index is 0.163. The number of hydrogen-bond donors (Lipinski definition) is 2. The number of fused-ring (bicyclic) bond motifs is 1. The summed E-state index contributed by atoms with van der Waals surface area (Å²) in [5, 5.41) is 3.37. The molecule has 0 spiro atoms. The number of carbonyl (C=O) groups excluding carboxylic acids is 1. The molecule has 1 fully saturated rings. The summed E-state index contributed by atoms with van der Waals surface area (Å²) in [7, 11) is 0. The number of aryl methyl sites for hydroxylation is 2. The van der Waals surface area contributed by atoms with Crippen LogP contribution in [0.4, 0.5) is 0 Å². The van der Waals surface area contributed by atoms with Crippen LogP contribution in [0.5, 0.6) is 0 Å². The number of nitrogens with zero attached hydrogens (tertiary/aromatic N) is 2. The van der Waals surface area contributed by atoms with Crippen molar-refractivity contribution in [3.05, 3.63) is 40.2 Å². The Morgan fingerprint density at radius 3 is 2.68 bits per heavy atom. The van der Waals surface area contributed by atoms with Gasteiger partial charge in [-0.3, -0.25) is 4.79 Å². The topological polar surface area (TPSA) is 61.0 Å². The molecule has 1 amide bonds. The minimum atomic E-state index is 0.163. The van der Waals surface area contributed by atoms with Gasteiger partial charge in [0.1, 0.15) is 5.82 Å². The maximum absolute atomic E-state index is 13.0. The maximum Gasteiger partial charge on any atom is 0.254 e. The Bertz CT molecular complexity index is 779. The Kier molecular flexibility index (Phi) is 4.34. The molecule has 2 aliphatic rings. The van der Waals surface area contributed by atoms with E-state index in [1.165, 1.54) is 12.1 Å². The third-order valence-electron chi connectivity index (χ3n) is 5.40. The molecule has 4 rings (SSSR count). The fraction of sp³-hybridized carbons (Fsp3) is 0.500. The number of H-pyrrole nitrogens is 1. The van der Waals surface area contributed by atoms with E-state index in [1.54, 1.807) is 0 Å². The second-order valence-corrected chi connectivity index (χ2v) is 7.27. The molecule has 132 valence electrons. The lowest BCUT2D eigenvalue weighted by molar-refractivity contribution is 0.0723. The fourth-order valence-corrected chi connectivity index (χ4v) is 3.95. The van der Waals surface area contributed by atoms with Gasteiger partial charge in [-0.1, -0.05) is 6.07 Å². The predicted molar refractivity (Wildman–Crippen MR) is 98.7 cm³/mol. The zero-order valence-electron chi connectivity index (χ0n) is 15.1. The summed E-state index contributed by atoms with van der Waals surface area (Å²) in [5.41, 5.74) is 6.39. The Morgan fingerprint density at radius 2 is 1.92 bits per heavy atom. The van der Waals surface area contributed by atoms with Crippen molar-refractivity contribution >= 4 is 5.91 Å². The van der Waals surface area contributed by atoms with Crippen molar-refractivity contribution in [2.24, 2.45) is 0 Å². The first-order valence-corrected chi connectivity index (χ1v) is 9.33. The second kappa shape index (κ2) is 6.64. The third kappa shape index (κ3) is 3.09. The molecule has 1 aromatic carbocycles. The maximum atomic E-state index is 13.0. The first-order chi connectivity index (χ1) is 12.1. The standard InChI is InChI=1S/C20H26N4O/c1-13-10-14(2)16(20(25)24-8-4-3-5-9-24)11-15(13)19-22-17-6-7-21-12-18(17)23-19/h10-11,21H,3-9,12H2,1-2H3,(H,22,23). The van der Waals surface area contributed by atoms with Gasteiger partial charge in [-0.05, 0) is 50.3 Å². The molecule has 3 heterocycles. The van der Waals surface area contributed by atoms with E-state index in [4.69, 9.17) is 4.98 Å². The van der Waals surface area contributed by atoms with E-state index >= 15 is 0 Å². The monoisotopic (exact) mass is 338 g/mol. The highest BCUT2D eigenvalue weighted by molar-refractivity contribution is 5.97. The van der Waals surface area contributed by atoms with E-state index in [0.717, 1.165) is 79.2 Å². The second-order valence-electron chi connectivity index (χ2n) is 7.27. The fourth-order valence-electron chi connectivity index (χ4n) is 3.95. The van der Waals surface area contributed by atoms with Gasteiger partial charge in [0.25, 0.3) is 5.91 Å². The molecule has 2 N–H and O–H groups in total. The van der Waals surface area contributed by atoms with Crippen LogP contribution in [0.15, 0.2) is 12.1 Å². The average molecular weight is 338 g/mol. The van der Waals surface area contributed by atoms with Crippen LogP contribution in [0.25, 0.3) is 11.4 Å². The quantitative estimate of drug-likeness (QED) is 0.885. The summed E-state index contributed by atoms with van der Waals surface area (Å²) >= 11 is 0. The Hall–Kier alpha value is -2.14. The summed E-state index contributed by atoms with van der Waals surface area (Å²) in [6.07, 6.45) is 4.41. The van der Waals surface area contributed by atoms with Crippen LogP contribution in [0, 0.1) is 13.8 Å². The molecule has 0 bridgehead atoms. The van der Waals surface area contributed by atoms with Crippen molar-refractivity contribution in [2.45, 2.75) is 46.1 Å². The number of hydrogen-bond acceptors (Lipinski definition) is 3. The molecule has 1 saturated heterocycles. The van der Waals surface area contributed by atoms with E-state index in [2.05, 4.69) is 23.3 Å². The van der Waals surface area contributed by atoms with Gasteiger partial charge in [-0.2, -0.15) is 0 Å². The minimum Gasteiger partial charge on any atom is -0.341 e. The molecule has 0 aliphatic carbocycles. The lowest BCUT2D eigenvalue weighted by Gasteiger charge is -2.27. The van der Waals surface area contributed by atoms with Crippen LogP contribution >= 0.6 is 0 Å². The van der Waals surface area contributed by atoms with Crippen LogP contribution in [0.2, 0.25) is 0 Å². The highest BCUT2D eigenvalue weighted by Crippen LogP contribution is 2.28. The number of benzene rings is 1. The van der Waals surface area contributed by atoms with Crippen LogP contribution in [-0.2, 0) is 13.0 Å². The van der Waals surface area contributed by atoms with Crippen molar-refractivity contribution in [2.75, 3.05) is 19.6 Å². The number of carbonyl (C=O) groups is 1. The molecular weight excluding hydrogens is 312 g/mol. The number of nitrogens with one attached hydrogen (secondary N) is 2. The molecule has 0 atom stereocenters. The number of aromatic nitrogens is 2. The van der Waals surface area contributed by atoms with Gasteiger partial charge in [0.15, 0.2) is 0 Å². The Labute approximate surface area is 148 Å². The summed E-state index contributed by atoms with van der Waals surface area (Å²) in [5.74, 6) is 1.05. The van der Waals surface area contributed by atoms with Crippen molar-refractivity contribution in [3.8, 4) is 11.4 Å². The van der Waals surface area contributed by atoms with Crippen LogP contribution in [-0.4, -0.2) is 40.4 Å². The van der Waals surface area contributed by atoms with Crippen LogP contribution in [0.3, 0.4) is 0 Å². The van der Waals surface area contributed by atoms with E-state index in [0.29, 0.717) is 0 Å². The number of likely N-dealkylation sites (tertiary alicyclic amines) is 1. The first-order valence-electron chi connectivity index (χ1n) is 9.33. The molecule has 0 radical (unpaired) electrons. The molecule has 5 heteroatoms. The van der Waals surface area contributed by atoms with E-state index in [-0.39, 0.29) is 5.91 Å². The Morgan fingerprint density at radius 1 is 1.12 bits per heavy atom. The average Bonchev–Trinajstić information content (AvgIpc) is 3.06. The molecule has 25 heavy (non-hydrogen) atoms. The van der Waals surface area contributed by atoms with Crippen molar-refractivity contribution < 1.29 is 4.79 Å². The molecular formula is C20H26N4O. The van der Waals surface area contributed by atoms with E-state index < -0.39 is 0 Å². The molecule has 0 saturated carbocycles. The van der Waals surface area contributed by atoms with Crippen molar-refractivity contribution in [1.29, 1.82) is 0 Å². The molecule has 2 aromatic rings. The molecule has 5 nitrogen and oxygen atoms in total. The number of amides is 1. The van der Waals surface area contributed by atoms with Gasteiger partial charge in [-0.15, -0.1) is 0 Å². The predicted octanol–water partition coefficient (Wildman–Crippen LogP) is 2.97. The van der Waals surface area contributed by atoms with Gasteiger partial charge >= 0.3 is 0 Å².